The highest BCUT2D eigenvalue weighted by Crippen LogP contribution is 2.34. The molecule has 0 spiro atoms. The number of anilines is 1. The zero-order valence-electron chi connectivity index (χ0n) is 23.3. The van der Waals surface area contributed by atoms with Gasteiger partial charge in [0.2, 0.25) is 18.3 Å². The molecule has 3 N–H and O–H groups in total. The third kappa shape index (κ3) is 7.94. The van der Waals surface area contributed by atoms with E-state index in [0.717, 1.165) is 32.0 Å². The Morgan fingerprint density at radius 2 is 1.48 bits per heavy atom. The number of aromatic amines is 1. The second-order valence-electron chi connectivity index (χ2n) is 9.68. The average Bonchev–Trinajstić information content (AvgIpc) is 3.24. The summed E-state index contributed by atoms with van der Waals surface area (Å²) >= 11 is 0. The quantitative estimate of drug-likeness (QED) is 0.246. The van der Waals surface area contributed by atoms with Crippen molar-refractivity contribution in [2.24, 2.45) is 0 Å². The smallest absolute Gasteiger partial charge is 0.303 e. The van der Waals surface area contributed by atoms with Gasteiger partial charge in [-0.15, -0.1) is 5.10 Å². The lowest BCUT2D eigenvalue weighted by atomic mass is 9.97. The number of nitrogens with zero attached hydrogens (tertiary/aromatic N) is 1. The van der Waals surface area contributed by atoms with Gasteiger partial charge in [-0.2, -0.15) is 0 Å². The van der Waals surface area contributed by atoms with E-state index in [0.29, 0.717) is 17.7 Å². The standard InChI is InChI=1S/C27H35N3O10/c1-13(2)22-20(11-18-7-9-19(28)10-8-18)26(30-29-22)40-27-25(38-17(6)34)24(37-16(5)33)23(36-15(4)32)21(39-27)12-35-14(3)31/h7-10,13,21,23-25,27H,11-12,28H2,1-6H3,(H,29,30)/t21-,23-,24+,25-,27+/m1/s1. The van der Waals surface area contributed by atoms with Gasteiger partial charge in [-0.25, -0.2) is 0 Å². The Balaban J connectivity index is 2.04. The molecule has 40 heavy (non-hydrogen) atoms. The van der Waals surface area contributed by atoms with Gasteiger partial charge in [0, 0.05) is 51.1 Å². The molecule has 0 aliphatic carbocycles. The minimum Gasteiger partial charge on any atom is -0.463 e. The van der Waals surface area contributed by atoms with E-state index in [9.17, 15) is 19.2 Å². The summed E-state index contributed by atoms with van der Waals surface area (Å²) in [5.41, 5.74) is 8.90. The van der Waals surface area contributed by atoms with Crippen LogP contribution >= 0.6 is 0 Å². The highest BCUT2D eigenvalue weighted by Gasteiger charge is 2.53. The first-order chi connectivity index (χ1) is 18.8. The molecule has 13 nitrogen and oxygen atoms in total. The lowest BCUT2D eigenvalue weighted by molar-refractivity contribution is -0.289. The van der Waals surface area contributed by atoms with Crippen LogP contribution in [0.2, 0.25) is 0 Å². The van der Waals surface area contributed by atoms with Crippen molar-refractivity contribution in [3.63, 3.8) is 0 Å². The zero-order chi connectivity index (χ0) is 29.6. The van der Waals surface area contributed by atoms with Gasteiger partial charge in [0.15, 0.2) is 12.2 Å². The monoisotopic (exact) mass is 561 g/mol. The van der Waals surface area contributed by atoms with E-state index >= 15 is 0 Å². The Kier molecular flexibility index (Phi) is 10.1. The summed E-state index contributed by atoms with van der Waals surface area (Å²) < 4.78 is 33.7. The summed E-state index contributed by atoms with van der Waals surface area (Å²) in [4.78, 5) is 47.7. The summed E-state index contributed by atoms with van der Waals surface area (Å²) in [6.07, 6.45) is -6.13. The Morgan fingerprint density at radius 1 is 0.900 bits per heavy atom. The fourth-order valence-corrected chi connectivity index (χ4v) is 4.34. The topological polar surface area (TPSA) is 178 Å². The molecule has 1 fully saturated rings. The van der Waals surface area contributed by atoms with Crippen LogP contribution in [-0.4, -0.2) is 71.4 Å². The second-order valence-corrected chi connectivity index (χ2v) is 9.68. The molecule has 0 radical (unpaired) electrons. The Bertz CT molecular complexity index is 1210. The molecule has 0 bridgehead atoms. The van der Waals surface area contributed by atoms with Crippen molar-refractivity contribution in [1.82, 2.24) is 10.2 Å². The van der Waals surface area contributed by atoms with Crippen LogP contribution in [-0.2, 0) is 49.3 Å². The van der Waals surface area contributed by atoms with Crippen LogP contribution in [0.1, 0.15) is 64.3 Å². The van der Waals surface area contributed by atoms with Crippen LogP contribution < -0.4 is 10.5 Å². The average molecular weight is 562 g/mol. The van der Waals surface area contributed by atoms with Crippen molar-refractivity contribution in [3.8, 4) is 5.88 Å². The molecular formula is C27H35N3O10. The molecule has 13 heteroatoms. The molecule has 1 aliphatic heterocycles. The first kappa shape index (κ1) is 30.4. The summed E-state index contributed by atoms with van der Waals surface area (Å²) in [6.45, 7) is 8.26. The molecular weight excluding hydrogens is 526 g/mol. The molecule has 2 heterocycles. The van der Waals surface area contributed by atoms with Crippen molar-refractivity contribution in [2.75, 3.05) is 12.3 Å². The maximum absolute atomic E-state index is 12.1. The van der Waals surface area contributed by atoms with E-state index in [-0.39, 0.29) is 18.4 Å². The van der Waals surface area contributed by atoms with Crippen LogP contribution in [0.4, 0.5) is 5.69 Å². The Morgan fingerprint density at radius 3 is 2.02 bits per heavy atom. The predicted molar refractivity (Wildman–Crippen MR) is 139 cm³/mol. The Labute approximate surface area is 231 Å². The Hall–Kier alpha value is -4.13. The second kappa shape index (κ2) is 13.3. The van der Waals surface area contributed by atoms with Gasteiger partial charge in [0.05, 0.1) is 0 Å². The normalized spacial score (nSPS) is 22.3. The zero-order valence-corrected chi connectivity index (χ0v) is 23.3. The molecule has 0 amide bonds. The van der Waals surface area contributed by atoms with Gasteiger partial charge in [0.25, 0.3) is 0 Å². The lowest BCUT2D eigenvalue weighted by Gasteiger charge is -2.43. The first-order valence-electron chi connectivity index (χ1n) is 12.7. The molecule has 5 atom stereocenters. The number of carbonyl (C=O) groups is 4. The minimum absolute atomic E-state index is 0.0454. The van der Waals surface area contributed by atoms with Crippen LogP contribution in [0.5, 0.6) is 5.88 Å². The van der Waals surface area contributed by atoms with E-state index in [1.165, 1.54) is 6.92 Å². The molecule has 0 saturated carbocycles. The van der Waals surface area contributed by atoms with E-state index in [4.69, 9.17) is 34.2 Å². The number of hydrogen-bond acceptors (Lipinski definition) is 12. The molecule has 1 saturated heterocycles. The number of esters is 4. The summed E-state index contributed by atoms with van der Waals surface area (Å²) in [7, 11) is 0. The van der Waals surface area contributed by atoms with E-state index in [1.807, 2.05) is 26.0 Å². The molecule has 3 rings (SSSR count). The fraction of sp³-hybridized carbons (Fsp3) is 0.519. The van der Waals surface area contributed by atoms with Crippen molar-refractivity contribution in [2.45, 2.75) is 84.6 Å². The van der Waals surface area contributed by atoms with Gasteiger partial charge in [-0.1, -0.05) is 26.0 Å². The van der Waals surface area contributed by atoms with Crippen LogP contribution in [0.25, 0.3) is 0 Å². The van der Waals surface area contributed by atoms with Crippen LogP contribution in [0.3, 0.4) is 0 Å². The number of ether oxygens (including phenoxy) is 6. The summed E-state index contributed by atoms with van der Waals surface area (Å²) in [5, 5.41) is 7.33. The van der Waals surface area contributed by atoms with Crippen molar-refractivity contribution in [1.29, 1.82) is 0 Å². The molecule has 1 aromatic heterocycles. The number of rotatable bonds is 10. The highest BCUT2D eigenvalue weighted by molar-refractivity contribution is 5.68. The number of nitrogens with one attached hydrogen (secondary N) is 1. The molecule has 0 unspecified atom stereocenters. The predicted octanol–water partition coefficient (Wildman–Crippen LogP) is 2.17. The van der Waals surface area contributed by atoms with Crippen molar-refractivity contribution >= 4 is 29.6 Å². The number of benzene rings is 1. The number of hydrogen-bond donors (Lipinski definition) is 2. The maximum Gasteiger partial charge on any atom is 0.303 e. The SMILES string of the molecule is CC(=O)OC[C@H]1O[C@@H](Oc2n[nH]c(C(C)C)c2Cc2ccc(N)cc2)[C@H](OC(C)=O)[C@@H](OC(C)=O)[C@@H]1OC(C)=O. The van der Waals surface area contributed by atoms with Crippen LogP contribution in [0, 0.1) is 0 Å². The maximum atomic E-state index is 12.1. The van der Waals surface area contributed by atoms with E-state index < -0.39 is 54.6 Å². The number of nitrogens with two attached hydrogens (primary N) is 1. The number of carbonyl (C=O) groups excluding carboxylic acids is 4. The van der Waals surface area contributed by atoms with Gasteiger partial charge in [0.1, 0.15) is 12.7 Å². The largest absolute Gasteiger partial charge is 0.463 e. The summed E-state index contributed by atoms with van der Waals surface area (Å²) in [5.74, 6) is -2.61. The molecule has 218 valence electrons. The minimum atomic E-state index is -1.39. The van der Waals surface area contributed by atoms with E-state index in [2.05, 4.69) is 10.2 Å². The molecule has 2 aromatic rings. The van der Waals surface area contributed by atoms with Crippen molar-refractivity contribution < 1.29 is 47.6 Å². The van der Waals surface area contributed by atoms with Gasteiger partial charge >= 0.3 is 23.9 Å². The number of H-pyrrole nitrogens is 1. The molecule has 1 aliphatic rings. The third-order valence-corrected chi connectivity index (χ3v) is 5.98. The van der Waals surface area contributed by atoms with Gasteiger partial charge in [-0.3, -0.25) is 24.3 Å². The highest BCUT2D eigenvalue weighted by atomic mass is 16.7. The third-order valence-electron chi connectivity index (χ3n) is 5.98. The number of aromatic nitrogens is 2. The fourth-order valence-electron chi connectivity index (χ4n) is 4.34. The van der Waals surface area contributed by atoms with E-state index in [1.54, 1.807) is 12.1 Å². The van der Waals surface area contributed by atoms with Gasteiger partial charge in [-0.05, 0) is 23.6 Å². The lowest BCUT2D eigenvalue weighted by Crippen LogP contribution is -2.63. The molecule has 1 aromatic carbocycles. The summed E-state index contributed by atoms with van der Waals surface area (Å²) in [6, 6.07) is 7.32. The van der Waals surface area contributed by atoms with Gasteiger partial charge < -0.3 is 34.2 Å². The van der Waals surface area contributed by atoms with Crippen molar-refractivity contribution in [3.05, 3.63) is 41.1 Å². The van der Waals surface area contributed by atoms with Crippen LogP contribution in [0.15, 0.2) is 24.3 Å². The first-order valence-corrected chi connectivity index (χ1v) is 12.7. The number of nitrogen functional groups attached to an aromatic ring is 1.